The Kier molecular flexibility index (Phi) is 10.7. The van der Waals surface area contributed by atoms with Crippen molar-refractivity contribution in [1.29, 1.82) is 0 Å². The molecule has 0 radical (unpaired) electrons. The molecular weight excluding hydrogens is 578 g/mol. The zero-order valence-electron chi connectivity index (χ0n) is 23.6. The monoisotopic (exact) mass is 610 g/mol. The molecule has 43 heavy (non-hydrogen) atoms. The van der Waals surface area contributed by atoms with E-state index in [0.717, 1.165) is 36.2 Å². The maximum atomic E-state index is 14.2. The zero-order chi connectivity index (χ0) is 30.0. The third-order valence-corrected chi connectivity index (χ3v) is 7.01. The first-order valence-electron chi connectivity index (χ1n) is 14.0. The minimum Gasteiger partial charge on any atom is -0.371 e. The van der Waals surface area contributed by atoms with Gasteiger partial charge in [-0.2, -0.15) is 0 Å². The van der Waals surface area contributed by atoms with Crippen molar-refractivity contribution in [2.45, 2.75) is 25.6 Å². The van der Waals surface area contributed by atoms with E-state index >= 15 is 0 Å². The second-order valence-corrected chi connectivity index (χ2v) is 10.3. The lowest BCUT2D eigenvalue weighted by Crippen LogP contribution is -2.33. The molecule has 226 valence electrons. The summed E-state index contributed by atoms with van der Waals surface area (Å²) in [4.78, 5) is 16.3. The molecule has 0 bridgehead atoms. The molecule has 2 aliphatic rings. The van der Waals surface area contributed by atoms with Crippen LogP contribution >= 0.6 is 11.6 Å². The zero-order valence-corrected chi connectivity index (χ0v) is 24.4. The molecule has 4 heterocycles. The Morgan fingerprint density at radius 1 is 0.767 bits per heavy atom. The van der Waals surface area contributed by atoms with E-state index < -0.39 is 0 Å². The van der Waals surface area contributed by atoms with E-state index in [9.17, 15) is 8.78 Å². The van der Waals surface area contributed by atoms with Gasteiger partial charge in [0, 0.05) is 38.6 Å². The fourth-order valence-corrected chi connectivity index (χ4v) is 4.54. The summed E-state index contributed by atoms with van der Waals surface area (Å²) in [6.07, 6.45) is 7.03. The van der Waals surface area contributed by atoms with Crippen LogP contribution < -0.4 is 21.3 Å². The first-order chi connectivity index (χ1) is 21.0. The average molecular weight is 611 g/mol. The molecule has 2 unspecified atom stereocenters. The molecule has 2 aromatic heterocycles. The molecule has 0 spiro atoms. The van der Waals surface area contributed by atoms with Crippen LogP contribution in [-0.4, -0.2) is 59.3 Å². The summed E-state index contributed by atoms with van der Waals surface area (Å²) in [6.45, 7) is 6.36. The summed E-state index contributed by atoms with van der Waals surface area (Å²) in [7, 11) is 0. The van der Waals surface area contributed by atoms with Gasteiger partial charge in [0.05, 0.1) is 54.2 Å². The Labute approximate surface area is 253 Å². The normalized spacial score (nSPS) is 18.3. The lowest BCUT2D eigenvalue weighted by atomic mass is 10.1. The van der Waals surface area contributed by atoms with E-state index in [1.807, 2.05) is 19.1 Å². The standard InChI is InChI=1S/C16H19FN4O.C14H14ClFN4O/c1-2-11-8-19-16(20-9-11)21-14-4-3-12(7-13(14)17)15-10-18-5-6-22-15;15-10-6-18-14(19-7-10)20-12-2-1-9(5-11(12)16)13-8-17-3-4-21-13/h3-4,7-9,15,18H,2,5-6,10H2,1H3,(H,19,20,21);1-2,5-7,13,17H,3-4,8H2,(H,18,19,20). The van der Waals surface area contributed by atoms with Crippen LogP contribution in [0.5, 0.6) is 0 Å². The fraction of sp³-hybridized carbons (Fsp3) is 0.333. The summed E-state index contributed by atoms with van der Waals surface area (Å²) in [6, 6.07) is 10.0. The largest absolute Gasteiger partial charge is 0.371 e. The van der Waals surface area contributed by atoms with Crippen molar-refractivity contribution in [3.63, 3.8) is 0 Å². The van der Waals surface area contributed by atoms with E-state index in [-0.39, 0.29) is 23.8 Å². The van der Waals surface area contributed by atoms with Crippen LogP contribution in [0.2, 0.25) is 5.02 Å². The number of halogens is 3. The first kappa shape index (κ1) is 30.6. The Balaban J connectivity index is 0.000000171. The molecule has 0 aliphatic carbocycles. The van der Waals surface area contributed by atoms with Crippen molar-refractivity contribution < 1.29 is 18.3 Å². The van der Waals surface area contributed by atoms with Gasteiger partial charge in [0.25, 0.3) is 0 Å². The fourth-order valence-electron chi connectivity index (χ4n) is 4.44. The summed E-state index contributed by atoms with van der Waals surface area (Å²) >= 11 is 5.71. The third-order valence-electron chi connectivity index (χ3n) is 6.81. The van der Waals surface area contributed by atoms with Gasteiger partial charge >= 0.3 is 0 Å². The van der Waals surface area contributed by atoms with Gasteiger partial charge in [-0.15, -0.1) is 0 Å². The second kappa shape index (κ2) is 15.1. The summed E-state index contributed by atoms with van der Waals surface area (Å²) < 4.78 is 39.6. The molecule has 2 aliphatic heterocycles. The van der Waals surface area contributed by atoms with E-state index in [1.165, 1.54) is 24.5 Å². The Bertz CT molecular complexity index is 1470. The highest BCUT2D eigenvalue weighted by Crippen LogP contribution is 2.26. The van der Waals surface area contributed by atoms with Crippen LogP contribution in [0.15, 0.2) is 61.2 Å². The molecule has 2 aromatic carbocycles. The van der Waals surface area contributed by atoms with Crippen molar-refractivity contribution in [2.75, 3.05) is 50.0 Å². The van der Waals surface area contributed by atoms with Crippen LogP contribution in [-0.2, 0) is 15.9 Å². The number of nitrogens with one attached hydrogen (secondary N) is 4. The lowest BCUT2D eigenvalue weighted by molar-refractivity contribution is 0.0275. The third kappa shape index (κ3) is 8.62. The van der Waals surface area contributed by atoms with Gasteiger partial charge < -0.3 is 30.7 Å². The van der Waals surface area contributed by atoms with Crippen molar-refractivity contribution in [2.24, 2.45) is 0 Å². The number of rotatable bonds is 7. The van der Waals surface area contributed by atoms with E-state index in [0.29, 0.717) is 54.6 Å². The maximum Gasteiger partial charge on any atom is 0.227 e. The molecule has 2 atom stereocenters. The number of anilines is 4. The molecule has 6 rings (SSSR count). The van der Waals surface area contributed by atoms with Crippen LogP contribution in [0, 0.1) is 11.6 Å². The summed E-state index contributed by atoms with van der Waals surface area (Å²) in [5.41, 5.74) is 3.35. The van der Waals surface area contributed by atoms with Gasteiger partial charge in [-0.3, -0.25) is 0 Å². The second-order valence-electron chi connectivity index (χ2n) is 9.85. The average Bonchev–Trinajstić information content (AvgIpc) is 3.05. The maximum absolute atomic E-state index is 14.2. The number of aromatic nitrogens is 4. The molecule has 10 nitrogen and oxygen atoms in total. The van der Waals surface area contributed by atoms with Crippen molar-refractivity contribution in [3.8, 4) is 0 Å². The van der Waals surface area contributed by atoms with Crippen LogP contribution in [0.25, 0.3) is 0 Å². The van der Waals surface area contributed by atoms with E-state index in [2.05, 4.69) is 41.2 Å². The van der Waals surface area contributed by atoms with Gasteiger partial charge in [0.1, 0.15) is 11.6 Å². The predicted octanol–water partition coefficient (Wildman–Crippen LogP) is 5.26. The number of morpholine rings is 2. The van der Waals surface area contributed by atoms with Crippen LogP contribution in [0.4, 0.5) is 32.1 Å². The molecule has 2 saturated heterocycles. The molecule has 0 saturated carbocycles. The number of benzene rings is 2. The minimum absolute atomic E-state index is 0.0996. The van der Waals surface area contributed by atoms with Crippen LogP contribution in [0.3, 0.4) is 0 Å². The number of aryl methyl sites for hydroxylation is 1. The van der Waals surface area contributed by atoms with Gasteiger partial charge in [0.15, 0.2) is 0 Å². The molecule has 2 fully saturated rings. The quantitative estimate of drug-likeness (QED) is 0.221. The molecular formula is C30H33ClF2N8O2. The number of hydrogen-bond acceptors (Lipinski definition) is 10. The topological polar surface area (TPSA) is 118 Å². The highest BCUT2D eigenvalue weighted by atomic mass is 35.5. The van der Waals surface area contributed by atoms with E-state index in [1.54, 1.807) is 24.5 Å². The number of ether oxygens (including phenoxy) is 2. The van der Waals surface area contributed by atoms with Crippen molar-refractivity contribution >= 4 is 34.9 Å². The SMILES string of the molecule is CCc1cnc(Nc2ccc(C3CNCCO3)cc2F)nc1.Fc1cc(C2CNCCO2)ccc1Nc1ncc(Cl)cn1. The first-order valence-corrected chi connectivity index (χ1v) is 14.4. The number of hydrogen-bond donors (Lipinski definition) is 4. The number of nitrogens with zero attached hydrogens (tertiary/aromatic N) is 4. The predicted molar refractivity (Wildman–Crippen MR) is 161 cm³/mol. The lowest BCUT2D eigenvalue weighted by Gasteiger charge is -2.24. The summed E-state index contributed by atoms with van der Waals surface area (Å²) in [5, 5.41) is 12.6. The Morgan fingerprint density at radius 3 is 1.63 bits per heavy atom. The van der Waals surface area contributed by atoms with Crippen LogP contribution in [0.1, 0.15) is 35.8 Å². The minimum atomic E-state index is -0.375. The van der Waals surface area contributed by atoms with Gasteiger partial charge in [-0.25, -0.2) is 28.7 Å². The van der Waals surface area contributed by atoms with Crippen molar-refractivity contribution in [1.82, 2.24) is 30.6 Å². The Hall–Kier alpha value is -3.81. The van der Waals surface area contributed by atoms with Gasteiger partial charge in [-0.1, -0.05) is 30.7 Å². The highest BCUT2D eigenvalue weighted by molar-refractivity contribution is 6.30. The highest BCUT2D eigenvalue weighted by Gasteiger charge is 2.18. The summed E-state index contributed by atoms with van der Waals surface area (Å²) in [5.74, 6) is -0.0314. The molecule has 0 amide bonds. The van der Waals surface area contributed by atoms with E-state index in [4.69, 9.17) is 21.1 Å². The van der Waals surface area contributed by atoms with Gasteiger partial charge in [0.2, 0.25) is 11.9 Å². The molecule has 13 heteroatoms. The molecule has 4 N–H and O–H groups in total. The van der Waals surface area contributed by atoms with Crippen molar-refractivity contribution in [3.05, 3.63) is 94.5 Å². The smallest absolute Gasteiger partial charge is 0.227 e. The molecule has 4 aromatic rings. The van der Waals surface area contributed by atoms with Gasteiger partial charge in [-0.05, 0) is 47.4 Å². The Morgan fingerprint density at radius 2 is 1.23 bits per heavy atom.